The normalized spacial score (nSPS) is 41.3. The first kappa shape index (κ1) is 12.4. The molecule has 6 nitrogen and oxygen atoms in total. The topological polar surface area (TPSA) is 99.0 Å². The molecule has 1 fully saturated rings. The van der Waals surface area contributed by atoms with Crippen molar-refractivity contribution in [1.82, 2.24) is 5.32 Å². The molecule has 6 heteroatoms. The van der Waals surface area contributed by atoms with E-state index < -0.39 is 24.5 Å². The Labute approximate surface area is 87.9 Å². The maximum absolute atomic E-state index is 10.9. The quantitative estimate of drug-likeness (QED) is 0.439. The average molecular weight is 219 g/mol. The summed E-state index contributed by atoms with van der Waals surface area (Å²) in [5, 5.41) is 30.6. The van der Waals surface area contributed by atoms with Crippen LogP contribution in [0.1, 0.15) is 13.8 Å². The molecule has 0 aliphatic carbocycles. The third kappa shape index (κ3) is 2.66. The molecule has 1 rings (SSSR count). The van der Waals surface area contributed by atoms with Crippen molar-refractivity contribution in [2.75, 3.05) is 6.61 Å². The van der Waals surface area contributed by atoms with Crippen LogP contribution in [0.15, 0.2) is 0 Å². The van der Waals surface area contributed by atoms with Crippen LogP contribution in [0.2, 0.25) is 0 Å². The molecule has 0 bridgehead atoms. The Hall–Kier alpha value is -0.690. The van der Waals surface area contributed by atoms with Crippen molar-refractivity contribution in [1.29, 1.82) is 0 Å². The van der Waals surface area contributed by atoms with Gasteiger partial charge in [0, 0.05) is 12.8 Å². The van der Waals surface area contributed by atoms with Gasteiger partial charge in [0.25, 0.3) is 0 Å². The zero-order valence-corrected chi connectivity index (χ0v) is 8.75. The zero-order valence-electron chi connectivity index (χ0n) is 8.75. The van der Waals surface area contributed by atoms with Crippen LogP contribution in [0.5, 0.6) is 0 Å². The number of carbonyl (C=O) groups is 1. The molecule has 0 aromatic rings. The molecule has 5 atom stereocenters. The van der Waals surface area contributed by atoms with Crippen molar-refractivity contribution in [2.45, 2.75) is 38.4 Å². The number of hydrogen-bond donors (Lipinski definition) is 4. The molecular weight excluding hydrogens is 202 g/mol. The molecule has 0 radical (unpaired) electrons. The summed E-state index contributed by atoms with van der Waals surface area (Å²) in [7, 11) is 0. The Balaban J connectivity index is 2.70. The highest BCUT2D eigenvalue weighted by molar-refractivity contribution is 5.73. The van der Waals surface area contributed by atoms with Gasteiger partial charge in [0.1, 0.15) is 6.10 Å². The third-order valence-electron chi connectivity index (χ3n) is 2.66. The van der Waals surface area contributed by atoms with E-state index in [-0.39, 0.29) is 18.4 Å². The van der Waals surface area contributed by atoms with Gasteiger partial charge in [-0.25, -0.2) is 0 Å². The number of amides is 1. The number of carbonyl (C=O) groups excluding carboxylic acids is 1. The van der Waals surface area contributed by atoms with Crippen molar-refractivity contribution >= 4 is 5.91 Å². The van der Waals surface area contributed by atoms with E-state index >= 15 is 0 Å². The minimum Gasteiger partial charge on any atom is -0.394 e. The lowest BCUT2D eigenvalue weighted by Gasteiger charge is -2.41. The Bertz CT molecular complexity index is 235. The molecule has 1 aliphatic rings. The van der Waals surface area contributed by atoms with Gasteiger partial charge in [0.2, 0.25) is 5.91 Å². The first-order chi connectivity index (χ1) is 6.97. The van der Waals surface area contributed by atoms with Crippen LogP contribution < -0.4 is 5.32 Å². The Morgan fingerprint density at radius 3 is 2.53 bits per heavy atom. The molecule has 5 unspecified atom stereocenters. The second-order valence-corrected chi connectivity index (χ2v) is 3.82. The van der Waals surface area contributed by atoms with Crippen LogP contribution >= 0.6 is 0 Å². The van der Waals surface area contributed by atoms with Crippen molar-refractivity contribution in [3.05, 3.63) is 0 Å². The van der Waals surface area contributed by atoms with Gasteiger partial charge in [-0.05, 0) is 0 Å². The van der Waals surface area contributed by atoms with E-state index in [1.165, 1.54) is 6.92 Å². The summed E-state index contributed by atoms with van der Waals surface area (Å²) in [6, 6.07) is -0.653. The fourth-order valence-electron chi connectivity index (χ4n) is 1.74. The highest BCUT2D eigenvalue weighted by Crippen LogP contribution is 2.24. The van der Waals surface area contributed by atoms with Gasteiger partial charge in [-0.15, -0.1) is 0 Å². The molecule has 0 spiro atoms. The SMILES string of the molecule is CC(=O)NC1C(O)OC(CO)C(O)C1C. The third-order valence-corrected chi connectivity index (χ3v) is 2.66. The first-order valence-corrected chi connectivity index (χ1v) is 4.87. The molecular formula is C9H17NO5. The maximum atomic E-state index is 10.9. The molecule has 1 amide bonds. The fraction of sp³-hybridized carbons (Fsp3) is 0.889. The average Bonchev–Trinajstić information content (AvgIpc) is 2.18. The Morgan fingerprint density at radius 1 is 1.47 bits per heavy atom. The summed E-state index contributed by atoms with van der Waals surface area (Å²) < 4.78 is 4.97. The van der Waals surface area contributed by atoms with Crippen LogP contribution in [0.3, 0.4) is 0 Å². The Morgan fingerprint density at radius 2 is 2.07 bits per heavy atom. The molecule has 15 heavy (non-hydrogen) atoms. The molecule has 0 aromatic heterocycles. The van der Waals surface area contributed by atoms with E-state index in [0.717, 1.165) is 0 Å². The van der Waals surface area contributed by atoms with Gasteiger partial charge in [0.15, 0.2) is 6.29 Å². The van der Waals surface area contributed by atoms with Gasteiger partial charge in [-0.3, -0.25) is 4.79 Å². The second kappa shape index (κ2) is 4.89. The smallest absolute Gasteiger partial charge is 0.217 e. The fourth-order valence-corrected chi connectivity index (χ4v) is 1.74. The zero-order chi connectivity index (χ0) is 11.6. The lowest BCUT2D eigenvalue weighted by molar-refractivity contribution is -0.238. The molecule has 1 saturated heterocycles. The maximum Gasteiger partial charge on any atom is 0.217 e. The van der Waals surface area contributed by atoms with Crippen LogP contribution in [-0.2, 0) is 9.53 Å². The lowest BCUT2D eigenvalue weighted by atomic mass is 9.89. The van der Waals surface area contributed by atoms with Crippen molar-refractivity contribution in [3.8, 4) is 0 Å². The van der Waals surface area contributed by atoms with E-state index in [1.54, 1.807) is 6.92 Å². The first-order valence-electron chi connectivity index (χ1n) is 4.87. The highest BCUT2D eigenvalue weighted by atomic mass is 16.6. The lowest BCUT2D eigenvalue weighted by Crippen LogP contribution is -2.60. The van der Waals surface area contributed by atoms with Gasteiger partial charge in [-0.2, -0.15) is 0 Å². The van der Waals surface area contributed by atoms with Gasteiger partial charge in [-0.1, -0.05) is 6.92 Å². The van der Waals surface area contributed by atoms with Gasteiger partial charge < -0.3 is 25.4 Å². The second-order valence-electron chi connectivity index (χ2n) is 3.82. The van der Waals surface area contributed by atoms with E-state index in [4.69, 9.17) is 9.84 Å². The van der Waals surface area contributed by atoms with Crippen LogP contribution in [0, 0.1) is 5.92 Å². The molecule has 0 aromatic carbocycles. The predicted octanol–water partition coefficient (Wildman–Crippen LogP) is -1.80. The number of ether oxygens (including phenoxy) is 1. The Kier molecular flexibility index (Phi) is 4.04. The van der Waals surface area contributed by atoms with E-state index in [2.05, 4.69) is 5.32 Å². The summed E-state index contributed by atoms with van der Waals surface area (Å²) in [5.74, 6) is -0.682. The number of rotatable bonds is 2. The molecule has 4 N–H and O–H groups in total. The molecule has 1 aliphatic heterocycles. The minimum atomic E-state index is -1.20. The monoisotopic (exact) mass is 219 g/mol. The standard InChI is InChI=1S/C9H17NO5/c1-4-7(10-5(2)12)9(14)15-6(3-11)8(4)13/h4,6-9,11,13-14H,3H2,1-2H3,(H,10,12). The van der Waals surface area contributed by atoms with E-state index in [9.17, 15) is 15.0 Å². The highest BCUT2D eigenvalue weighted by Gasteiger charge is 2.42. The predicted molar refractivity (Wildman–Crippen MR) is 50.7 cm³/mol. The van der Waals surface area contributed by atoms with E-state index in [1.807, 2.05) is 0 Å². The number of hydrogen-bond acceptors (Lipinski definition) is 5. The van der Waals surface area contributed by atoms with Gasteiger partial charge >= 0.3 is 0 Å². The van der Waals surface area contributed by atoms with E-state index in [0.29, 0.717) is 0 Å². The molecule has 88 valence electrons. The largest absolute Gasteiger partial charge is 0.394 e. The molecule has 1 heterocycles. The van der Waals surface area contributed by atoms with Crippen molar-refractivity contribution in [3.63, 3.8) is 0 Å². The summed E-state index contributed by atoms with van der Waals surface area (Å²) in [6.45, 7) is 2.64. The summed E-state index contributed by atoms with van der Waals surface area (Å²) in [5.41, 5.74) is 0. The minimum absolute atomic E-state index is 0.302. The van der Waals surface area contributed by atoms with Crippen molar-refractivity contribution < 1.29 is 24.9 Å². The van der Waals surface area contributed by atoms with Crippen LogP contribution in [0.25, 0.3) is 0 Å². The van der Waals surface area contributed by atoms with Gasteiger partial charge in [0.05, 0.1) is 18.8 Å². The van der Waals surface area contributed by atoms with Crippen molar-refractivity contribution in [2.24, 2.45) is 5.92 Å². The number of nitrogens with one attached hydrogen (secondary N) is 1. The summed E-state index contributed by atoms with van der Waals surface area (Å²) in [4.78, 5) is 10.9. The van der Waals surface area contributed by atoms with Crippen LogP contribution in [-0.4, -0.2) is 52.4 Å². The number of aliphatic hydroxyl groups excluding tert-OH is 3. The molecule has 0 saturated carbocycles. The summed E-state index contributed by atoms with van der Waals surface area (Å²) >= 11 is 0. The number of aliphatic hydroxyl groups is 3. The summed E-state index contributed by atoms with van der Waals surface area (Å²) in [6.07, 6.45) is -2.92. The van der Waals surface area contributed by atoms with Crippen LogP contribution in [0.4, 0.5) is 0 Å².